The molecule has 0 saturated carbocycles. The molecule has 0 amide bonds. The molecule has 0 aromatic heterocycles. The van der Waals surface area contributed by atoms with Crippen molar-refractivity contribution in [3.63, 3.8) is 0 Å². The van der Waals surface area contributed by atoms with Crippen molar-refractivity contribution in [2.45, 2.75) is 36.8 Å². The van der Waals surface area contributed by atoms with Gasteiger partial charge in [0.2, 0.25) is 6.29 Å². The number of rotatable bonds is 2. The highest BCUT2D eigenvalue weighted by Gasteiger charge is 2.60. The highest BCUT2D eigenvalue weighted by molar-refractivity contribution is 5.91. The van der Waals surface area contributed by atoms with Gasteiger partial charge in [-0.15, -0.1) is 0 Å². The van der Waals surface area contributed by atoms with Crippen molar-refractivity contribution in [1.82, 2.24) is 0 Å². The molecule has 122 valence electrons. The highest BCUT2D eigenvalue weighted by atomic mass is 16.7. The van der Waals surface area contributed by atoms with Crippen LogP contribution in [0, 0.1) is 0 Å². The first-order chi connectivity index (χ1) is 11.1. The number of allylic oxidation sites excluding steroid dienone is 1. The normalized spacial score (nSPS) is 34.5. The topological polar surface area (TPSA) is 74.2 Å². The molecule has 2 aliphatic heterocycles. The van der Waals surface area contributed by atoms with Gasteiger partial charge in [0.25, 0.3) is 0 Å². The summed E-state index contributed by atoms with van der Waals surface area (Å²) in [6.45, 7) is 0. The second kappa shape index (κ2) is 4.97. The maximum atomic E-state index is 11.7. The van der Waals surface area contributed by atoms with Gasteiger partial charge < -0.3 is 24.1 Å². The number of ether oxygens (including phenoxy) is 4. The molecule has 23 heavy (non-hydrogen) atoms. The van der Waals surface area contributed by atoms with E-state index in [0.717, 1.165) is 5.56 Å². The largest absolute Gasteiger partial charge is 0.497 e. The molecule has 1 aromatic rings. The average Bonchev–Trinajstić information content (AvgIpc) is 2.95. The van der Waals surface area contributed by atoms with Gasteiger partial charge in [0.1, 0.15) is 23.4 Å². The van der Waals surface area contributed by atoms with E-state index in [1.807, 2.05) is 12.1 Å². The first-order valence-electron chi connectivity index (χ1n) is 7.58. The van der Waals surface area contributed by atoms with Crippen LogP contribution in [-0.2, 0) is 14.3 Å². The molecule has 4 atom stereocenters. The molecule has 1 aliphatic carbocycles. The zero-order chi connectivity index (χ0) is 16.2. The molecular formula is C17H18O6. The van der Waals surface area contributed by atoms with Gasteiger partial charge in [-0.3, -0.25) is 4.79 Å². The summed E-state index contributed by atoms with van der Waals surface area (Å²) in [4.78, 5) is 11.7. The number of fused-ring (bicyclic) bond motifs is 5. The van der Waals surface area contributed by atoms with Crippen LogP contribution in [0.15, 0.2) is 30.0 Å². The maximum Gasteiger partial charge on any atom is 0.210 e. The van der Waals surface area contributed by atoms with E-state index in [9.17, 15) is 9.90 Å². The lowest BCUT2D eigenvalue weighted by Gasteiger charge is -2.46. The van der Waals surface area contributed by atoms with E-state index in [-0.39, 0.29) is 30.3 Å². The van der Waals surface area contributed by atoms with Crippen LogP contribution in [0.1, 0.15) is 24.3 Å². The number of methoxy groups -OCH3 is 2. The molecule has 6 heteroatoms. The molecule has 0 unspecified atom stereocenters. The molecule has 0 bridgehead atoms. The molecule has 2 heterocycles. The predicted molar refractivity (Wildman–Crippen MR) is 79.3 cm³/mol. The van der Waals surface area contributed by atoms with Crippen molar-refractivity contribution >= 4 is 5.78 Å². The number of carbonyl (C=O) groups excluding carboxylic acids is 1. The number of hydrogen-bond donors (Lipinski definition) is 1. The average molecular weight is 318 g/mol. The Labute approximate surface area is 133 Å². The van der Waals surface area contributed by atoms with E-state index in [0.29, 0.717) is 11.5 Å². The van der Waals surface area contributed by atoms with Gasteiger partial charge in [0.05, 0.1) is 13.0 Å². The first-order valence-corrected chi connectivity index (χ1v) is 7.58. The van der Waals surface area contributed by atoms with Gasteiger partial charge in [-0.2, -0.15) is 0 Å². The molecule has 0 spiro atoms. The van der Waals surface area contributed by atoms with E-state index in [1.165, 1.54) is 6.08 Å². The van der Waals surface area contributed by atoms with E-state index >= 15 is 0 Å². The molecule has 1 aromatic carbocycles. The first kappa shape index (κ1) is 14.5. The maximum absolute atomic E-state index is 11.7. The van der Waals surface area contributed by atoms with Gasteiger partial charge in [-0.25, -0.2) is 0 Å². The summed E-state index contributed by atoms with van der Waals surface area (Å²) in [5, 5.41) is 11.1. The SMILES string of the molecule is COc1ccc2c(c1)O[C@@H]1[C@H]2[C@@H](OC)OC2=CC(=O)CC[C@@]21O. The van der Waals surface area contributed by atoms with E-state index in [4.69, 9.17) is 18.9 Å². The molecular weight excluding hydrogens is 300 g/mol. The Morgan fingerprint density at radius 3 is 2.87 bits per heavy atom. The smallest absolute Gasteiger partial charge is 0.210 e. The van der Waals surface area contributed by atoms with Crippen molar-refractivity contribution in [2.75, 3.05) is 14.2 Å². The molecule has 3 aliphatic rings. The summed E-state index contributed by atoms with van der Waals surface area (Å²) in [7, 11) is 3.13. The number of benzene rings is 1. The minimum Gasteiger partial charge on any atom is -0.497 e. The fourth-order valence-electron chi connectivity index (χ4n) is 3.67. The lowest BCUT2D eigenvalue weighted by atomic mass is 9.75. The second-order valence-electron chi connectivity index (χ2n) is 6.09. The van der Waals surface area contributed by atoms with Gasteiger partial charge in [0, 0.05) is 31.2 Å². The van der Waals surface area contributed by atoms with Crippen LogP contribution in [0.3, 0.4) is 0 Å². The molecule has 1 N–H and O–H groups in total. The Balaban J connectivity index is 1.80. The fraction of sp³-hybridized carbons (Fsp3) is 0.471. The number of carbonyl (C=O) groups is 1. The summed E-state index contributed by atoms with van der Waals surface area (Å²) >= 11 is 0. The third kappa shape index (κ3) is 1.98. The minimum atomic E-state index is -1.32. The zero-order valence-electron chi connectivity index (χ0n) is 12.9. The van der Waals surface area contributed by atoms with Crippen LogP contribution < -0.4 is 9.47 Å². The van der Waals surface area contributed by atoms with Gasteiger partial charge in [-0.1, -0.05) is 6.07 Å². The monoisotopic (exact) mass is 318 g/mol. The number of hydrogen-bond acceptors (Lipinski definition) is 6. The number of aliphatic hydroxyl groups is 1. The van der Waals surface area contributed by atoms with Crippen LogP contribution in [0.2, 0.25) is 0 Å². The molecule has 1 saturated heterocycles. The summed E-state index contributed by atoms with van der Waals surface area (Å²) < 4.78 is 22.5. The summed E-state index contributed by atoms with van der Waals surface area (Å²) in [5.41, 5.74) is -0.410. The second-order valence-corrected chi connectivity index (χ2v) is 6.09. The van der Waals surface area contributed by atoms with Crippen LogP contribution >= 0.6 is 0 Å². The minimum absolute atomic E-state index is 0.0600. The van der Waals surface area contributed by atoms with Crippen LogP contribution in [0.5, 0.6) is 11.5 Å². The van der Waals surface area contributed by atoms with Crippen molar-refractivity contribution in [2.24, 2.45) is 0 Å². The van der Waals surface area contributed by atoms with E-state index in [1.54, 1.807) is 20.3 Å². The Bertz CT molecular complexity index is 696. The third-order valence-corrected chi connectivity index (χ3v) is 4.87. The number of ketones is 1. The molecule has 4 rings (SSSR count). The van der Waals surface area contributed by atoms with E-state index < -0.39 is 18.0 Å². The Morgan fingerprint density at radius 1 is 1.30 bits per heavy atom. The third-order valence-electron chi connectivity index (χ3n) is 4.87. The van der Waals surface area contributed by atoms with Crippen LogP contribution in [0.4, 0.5) is 0 Å². The lowest BCUT2D eigenvalue weighted by Crippen LogP contribution is -2.57. The van der Waals surface area contributed by atoms with Gasteiger partial charge in [-0.05, 0) is 12.5 Å². The fourth-order valence-corrected chi connectivity index (χ4v) is 3.67. The van der Waals surface area contributed by atoms with Gasteiger partial charge >= 0.3 is 0 Å². The quantitative estimate of drug-likeness (QED) is 0.891. The van der Waals surface area contributed by atoms with Crippen molar-refractivity contribution in [3.8, 4) is 11.5 Å². The van der Waals surface area contributed by atoms with Crippen molar-refractivity contribution in [1.29, 1.82) is 0 Å². The standard InChI is InChI=1S/C17H18O6/c1-20-10-3-4-11-12(8-10)22-15-14(11)16(21-2)23-13-7-9(18)5-6-17(13,15)19/h3-4,7-8,14-16,19H,5-6H2,1-2H3/t14-,15+,16-,17+/m0/s1. The Hall–Kier alpha value is -2.05. The Morgan fingerprint density at radius 2 is 2.13 bits per heavy atom. The predicted octanol–water partition coefficient (Wildman–Crippen LogP) is 1.52. The summed E-state index contributed by atoms with van der Waals surface area (Å²) in [6.07, 6.45) is 0.737. The van der Waals surface area contributed by atoms with Gasteiger partial charge in [0.15, 0.2) is 11.4 Å². The molecule has 0 radical (unpaired) electrons. The van der Waals surface area contributed by atoms with Crippen LogP contribution in [-0.4, -0.2) is 43.1 Å². The summed E-state index contributed by atoms with van der Waals surface area (Å²) in [6, 6.07) is 5.54. The Kier molecular flexibility index (Phi) is 3.14. The summed E-state index contributed by atoms with van der Waals surface area (Å²) in [5.74, 6) is 1.24. The highest BCUT2D eigenvalue weighted by Crippen LogP contribution is 2.53. The van der Waals surface area contributed by atoms with Crippen LogP contribution in [0.25, 0.3) is 0 Å². The zero-order valence-corrected chi connectivity index (χ0v) is 12.9. The van der Waals surface area contributed by atoms with E-state index in [2.05, 4.69) is 0 Å². The lowest BCUT2D eigenvalue weighted by molar-refractivity contribution is -0.211. The van der Waals surface area contributed by atoms with Crippen molar-refractivity contribution < 1.29 is 28.8 Å². The molecule has 1 fully saturated rings. The molecule has 6 nitrogen and oxygen atoms in total. The van der Waals surface area contributed by atoms with Crippen molar-refractivity contribution in [3.05, 3.63) is 35.6 Å².